The lowest BCUT2D eigenvalue weighted by atomic mass is 10.1. The number of ether oxygens (including phenoxy) is 1. The molecule has 0 radical (unpaired) electrons. The van der Waals surface area contributed by atoms with Crippen molar-refractivity contribution < 1.29 is 4.74 Å². The van der Waals surface area contributed by atoms with Gasteiger partial charge in [0.1, 0.15) is 5.75 Å². The van der Waals surface area contributed by atoms with E-state index < -0.39 is 0 Å². The summed E-state index contributed by atoms with van der Waals surface area (Å²) in [5.41, 5.74) is 5.17. The first-order valence-electron chi connectivity index (χ1n) is 10.2. The molecule has 2 N–H and O–H groups in total. The summed E-state index contributed by atoms with van der Waals surface area (Å²) in [4.78, 5) is 11.4. The van der Waals surface area contributed by atoms with Gasteiger partial charge in [-0.15, -0.1) is 0 Å². The standard InChI is InChI=1S/C23H31N3O/c1-3-4-5-6-7-8-9-11-18-13-14-19(25-18)16-22-23(27-2)17-21(26-22)20-12-10-15-24-20/h10,12-17,24,26H,3-9,11H2,1-2H3/b19-16+. The molecule has 0 atom stereocenters. The second-order valence-electron chi connectivity index (χ2n) is 7.13. The van der Waals surface area contributed by atoms with Gasteiger partial charge in [0.05, 0.1) is 29.9 Å². The van der Waals surface area contributed by atoms with Crippen molar-refractivity contribution in [3.63, 3.8) is 0 Å². The van der Waals surface area contributed by atoms with Crippen LogP contribution in [-0.4, -0.2) is 22.8 Å². The fraction of sp³-hybridized carbons (Fsp3) is 0.435. The van der Waals surface area contributed by atoms with Gasteiger partial charge in [-0.05, 0) is 43.2 Å². The van der Waals surface area contributed by atoms with E-state index in [0.29, 0.717) is 0 Å². The Kier molecular flexibility index (Phi) is 7.14. The molecule has 0 aliphatic carbocycles. The highest BCUT2D eigenvalue weighted by Crippen LogP contribution is 2.29. The van der Waals surface area contributed by atoms with Crippen LogP contribution in [0.2, 0.25) is 0 Å². The van der Waals surface area contributed by atoms with Crippen LogP contribution in [0.5, 0.6) is 5.75 Å². The average molecular weight is 366 g/mol. The third kappa shape index (κ3) is 5.49. The monoisotopic (exact) mass is 365 g/mol. The first-order valence-corrected chi connectivity index (χ1v) is 10.2. The summed E-state index contributed by atoms with van der Waals surface area (Å²) in [5, 5.41) is 0. The minimum Gasteiger partial charge on any atom is -0.494 e. The Bertz CT molecular complexity index is 794. The van der Waals surface area contributed by atoms with Crippen LogP contribution in [0.4, 0.5) is 0 Å². The van der Waals surface area contributed by atoms with Crippen LogP contribution in [-0.2, 0) is 0 Å². The second kappa shape index (κ2) is 10.0. The number of aromatic amines is 2. The molecule has 0 spiro atoms. The van der Waals surface area contributed by atoms with Crippen molar-refractivity contribution in [1.82, 2.24) is 9.97 Å². The van der Waals surface area contributed by atoms with Crippen molar-refractivity contribution in [2.24, 2.45) is 4.99 Å². The molecule has 0 bridgehead atoms. The number of aliphatic imine (C=N–C) groups is 1. The molecule has 0 unspecified atom stereocenters. The lowest BCUT2D eigenvalue weighted by molar-refractivity contribution is 0.414. The van der Waals surface area contributed by atoms with Gasteiger partial charge in [0, 0.05) is 18.0 Å². The molecule has 1 aliphatic rings. The van der Waals surface area contributed by atoms with E-state index in [0.717, 1.165) is 34.9 Å². The zero-order valence-electron chi connectivity index (χ0n) is 16.6. The summed E-state index contributed by atoms with van der Waals surface area (Å²) in [6, 6.07) is 6.04. The average Bonchev–Trinajstić information content (AvgIpc) is 3.42. The van der Waals surface area contributed by atoms with E-state index in [1.165, 1.54) is 50.7 Å². The zero-order valence-corrected chi connectivity index (χ0v) is 16.6. The van der Waals surface area contributed by atoms with Gasteiger partial charge in [0.25, 0.3) is 0 Å². The summed E-state index contributed by atoms with van der Waals surface area (Å²) >= 11 is 0. The van der Waals surface area contributed by atoms with Crippen LogP contribution < -0.4 is 4.74 Å². The molecule has 0 saturated heterocycles. The minimum absolute atomic E-state index is 0.830. The number of rotatable bonds is 11. The highest BCUT2D eigenvalue weighted by atomic mass is 16.5. The molecule has 0 amide bonds. The largest absolute Gasteiger partial charge is 0.494 e. The molecule has 0 saturated carbocycles. The number of hydrogen-bond donors (Lipinski definition) is 2. The third-order valence-corrected chi connectivity index (χ3v) is 4.97. The number of allylic oxidation sites excluding steroid dienone is 2. The number of nitrogens with zero attached hydrogens (tertiary/aromatic N) is 1. The molecule has 0 fully saturated rings. The van der Waals surface area contributed by atoms with E-state index in [2.05, 4.69) is 35.1 Å². The van der Waals surface area contributed by atoms with E-state index in [9.17, 15) is 0 Å². The highest BCUT2D eigenvalue weighted by Gasteiger charge is 2.11. The predicted octanol–water partition coefficient (Wildman–Crippen LogP) is 6.51. The van der Waals surface area contributed by atoms with Gasteiger partial charge in [-0.25, -0.2) is 0 Å². The number of H-pyrrole nitrogens is 2. The van der Waals surface area contributed by atoms with E-state index in [4.69, 9.17) is 9.73 Å². The molecule has 4 nitrogen and oxygen atoms in total. The van der Waals surface area contributed by atoms with Gasteiger partial charge in [-0.2, -0.15) is 0 Å². The first kappa shape index (κ1) is 19.3. The molecular formula is C23H31N3O. The van der Waals surface area contributed by atoms with Gasteiger partial charge in [-0.1, -0.05) is 45.4 Å². The lowest BCUT2D eigenvalue weighted by Crippen LogP contribution is -1.90. The molecule has 2 aromatic heterocycles. The molecule has 144 valence electrons. The highest BCUT2D eigenvalue weighted by molar-refractivity contribution is 5.99. The number of methoxy groups -OCH3 is 1. The second-order valence-corrected chi connectivity index (χ2v) is 7.13. The van der Waals surface area contributed by atoms with Gasteiger partial charge in [0.2, 0.25) is 0 Å². The summed E-state index contributed by atoms with van der Waals surface area (Å²) < 4.78 is 5.52. The summed E-state index contributed by atoms with van der Waals surface area (Å²) in [6.07, 6.45) is 18.6. The fourth-order valence-corrected chi connectivity index (χ4v) is 3.42. The van der Waals surface area contributed by atoms with Crippen molar-refractivity contribution in [2.45, 2.75) is 58.3 Å². The van der Waals surface area contributed by atoms with E-state index in [-0.39, 0.29) is 0 Å². The molecule has 3 rings (SSSR count). The number of aromatic nitrogens is 2. The minimum atomic E-state index is 0.830. The maximum Gasteiger partial charge on any atom is 0.144 e. The topological polar surface area (TPSA) is 53.2 Å². The molecule has 27 heavy (non-hydrogen) atoms. The molecule has 0 aromatic carbocycles. The Balaban J connectivity index is 1.55. The number of hydrogen-bond acceptors (Lipinski definition) is 2. The Labute approximate surface area is 162 Å². The Morgan fingerprint density at radius 1 is 1.04 bits per heavy atom. The normalized spacial score (nSPS) is 14.9. The predicted molar refractivity (Wildman–Crippen MR) is 114 cm³/mol. The lowest BCUT2D eigenvalue weighted by Gasteiger charge is -2.01. The van der Waals surface area contributed by atoms with Gasteiger partial charge >= 0.3 is 0 Å². The molecule has 4 heteroatoms. The maximum atomic E-state index is 5.52. The Morgan fingerprint density at radius 3 is 2.59 bits per heavy atom. The van der Waals surface area contributed by atoms with Gasteiger partial charge < -0.3 is 14.7 Å². The van der Waals surface area contributed by atoms with Crippen LogP contribution in [0.15, 0.2) is 47.2 Å². The van der Waals surface area contributed by atoms with Gasteiger partial charge in [0.15, 0.2) is 0 Å². The van der Waals surface area contributed by atoms with Crippen molar-refractivity contribution in [3.05, 3.63) is 47.9 Å². The molecular weight excluding hydrogens is 334 g/mol. The zero-order chi connectivity index (χ0) is 18.9. The maximum absolute atomic E-state index is 5.52. The Hall–Kier alpha value is -2.49. The van der Waals surface area contributed by atoms with Crippen molar-refractivity contribution in [1.29, 1.82) is 0 Å². The van der Waals surface area contributed by atoms with Gasteiger partial charge in [-0.3, -0.25) is 4.99 Å². The summed E-state index contributed by atoms with van der Waals surface area (Å²) in [6.45, 7) is 2.26. The smallest absolute Gasteiger partial charge is 0.144 e. The molecule has 1 aliphatic heterocycles. The SMILES string of the molecule is CCCCCCCCCC1=N/C(=C/c2[nH]c(-c3ccc[nH]3)cc2OC)C=C1. The summed E-state index contributed by atoms with van der Waals surface area (Å²) in [7, 11) is 1.70. The number of unbranched alkanes of at least 4 members (excludes halogenated alkanes) is 6. The van der Waals surface area contributed by atoms with Crippen molar-refractivity contribution in [3.8, 4) is 17.1 Å². The van der Waals surface area contributed by atoms with Crippen molar-refractivity contribution >= 4 is 11.8 Å². The first-order chi connectivity index (χ1) is 13.3. The van der Waals surface area contributed by atoms with Crippen LogP contribution >= 0.6 is 0 Å². The van der Waals surface area contributed by atoms with Crippen LogP contribution in [0.1, 0.15) is 64.0 Å². The quantitative estimate of drug-likeness (QED) is 0.438. The Morgan fingerprint density at radius 2 is 1.85 bits per heavy atom. The molecule has 2 aromatic rings. The van der Waals surface area contributed by atoms with Crippen LogP contribution in [0, 0.1) is 0 Å². The van der Waals surface area contributed by atoms with Crippen LogP contribution in [0.3, 0.4) is 0 Å². The summed E-state index contributed by atoms with van der Waals surface area (Å²) in [5.74, 6) is 0.830. The van der Waals surface area contributed by atoms with E-state index in [1.54, 1.807) is 7.11 Å². The van der Waals surface area contributed by atoms with E-state index >= 15 is 0 Å². The van der Waals surface area contributed by atoms with Crippen molar-refractivity contribution in [2.75, 3.05) is 7.11 Å². The van der Waals surface area contributed by atoms with Crippen LogP contribution in [0.25, 0.3) is 17.5 Å². The fourth-order valence-electron chi connectivity index (χ4n) is 3.42. The third-order valence-electron chi connectivity index (χ3n) is 4.97. The molecule has 3 heterocycles. The van der Waals surface area contributed by atoms with E-state index in [1.807, 2.05) is 24.4 Å². The number of nitrogens with one attached hydrogen (secondary N) is 2.